The maximum atomic E-state index is 12.7. The van der Waals surface area contributed by atoms with E-state index in [-0.39, 0.29) is 11.5 Å². The van der Waals surface area contributed by atoms with Crippen LogP contribution in [0.3, 0.4) is 0 Å². The minimum Gasteiger partial charge on any atom is -0.379 e. The molecule has 1 amide bonds. The Hall–Kier alpha value is -1.44. The highest BCUT2D eigenvalue weighted by molar-refractivity contribution is 5.92. The number of hydrogen-bond donors (Lipinski definition) is 0. The van der Waals surface area contributed by atoms with Crippen molar-refractivity contribution in [2.45, 2.75) is 31.8 Å². The minimum atomic E-state index is -0.177. The van der Waals surface area contributed by atoms with Gasteiger partial charge in [0.25, 0.3) is 5.91 Å². The second-order valence-corrected chi connectivity index (χ2v) is 7.63. The first-order chi connectivity index (χ1) is 12.1. The molecule has 138 valence electrons. The van der Waals surface area contributed by atoms with Crippen molar-refractivity contribution >= 4 is 5.91 Å². The number of ether oxygens (including phenoxy) is 2. The lowest BCUT2D eigenvalue weighted by Gasteiger charge is -2.39. The lowest BCUT2D eigenvalue weighted by molar-refractivity contribution is -0.0453. The summed E-state index contributed by atoms with van der Waals surface area (Å²) in [6, 6.07) is 1.71. The molecule has 7 heteroatoms. The molecule has 0 saturated carbocycles. The third kappa shape index (κ3) is 3.73. The van der Waals surface area contributed by atoms with Gasteiger partial charge < -0.3 is 18.9 Å². The molecule has 2 unspecified atom stereocenters. The second-order valence-electron chi connectivity index (χ2n) is 7.63. The molecule has 0 aromatic carbocycles. The third-order valence-corrected chi connectivity index (χ3v) is 5.58. The molecule has 4 heterocycles. The van der Waals surface area contributed by atoms with E-state index in [0.29, 0.717) is 23.9 Å². The van der Waals surface area contributed by atoms with E-state index in [1.807, 2.05) is 4.90 Å². The summed E-state index contributed by atoms with van der Waals surface area (Å²) in [4.78, 5) is 17.0. The van der Waals surface area contributed by atoms with Gasteiger partial charge in [-0.1, -0.05) is 5.16 Å². The van der Waals surface area contributed by atoms with Crippen LogP contribution in [0.2, 0.25) is 0 Å². The largest absolute Gasteiger partial charge is 0.379 e. The average Bonchev–Trinajstić information content (AvgIpc) is 3.22. The molecular weight excluding hydrogens is 322 g/mol. The Morgan fingerprint density at radius 3 is 2.96 bits per heavy atom. The average molecular weight is 349 g/mol. The van der Waals surface area contributed by atoms with Crippen LogP contribution in [0.15, 0.2) is 10.6 Å². The number of hydrogen-bond acceptors (Lipinski definition) is 6. The van der Waals surface area contributed by atoms with E-state index in [0.717, 1.165) is 65.3 Å². The molecule has 7 nitrogen and oxygen atoms in total. The van der Waals surface area contributed by atoms with Crippen molar-refractivity contribution in [1.29, 1.82) is 0 Å². The van der Waals surface area contributed by atoms with Crippen molar-refractivity contribution in [1.82, 2.24) is 15.0 Å². The van der Waals surface area contributed by atoms with E-state index in [9.17, 15) is 4.79 Å². The minimum absolute atomic E-state index is 0.0452. The quantitative estimate of drug-likeness (QED) is 0.820. The van der Waals surface area contributed by atoms with Gasteiger partial charge in [-0.15, -0.1) is 0 Å². The van der Waals surface area contributed by atoms with Crippen LogP contribution in [0.25, 0.3) is 0 Å². The molecular formula is C18H27N3O4. The molecule has 0 bridgehead atoms. The first kappa shape index (κ1) is 17.0. The van der Waals surface area contributed by atoms with Crippen LogP contribution >= 0.6 is 0 Å². The first-order valence-electron chi connectivity index (χ1n) is 9.30. The number of piperidine rings is 1. The van der Waals surface area contributed by atoms with Gasteiger partial charge >= 0.3 is 0 Å². The van der Waals surface area contributed by atoms with Gasteiger partial charge in [0.1, 0.15) is 5.76 Å². The van der Waals surface area contributed by atoms with Crippen molar-refractivity contribution < 1.29 is 18.8 Å². The van der Waals surface area contributed by atoms with Gasteiger partial charge in [-0.25, -0.2) is 0 Å². The van der Waals surface area contributed by atoms with Gasteiger partial charge in [0.2, 0.25) is 0 Å². The summed E-state index contributed by atoms with van der Waals surface area (Å²) < 4.78 is 16.7. The highest BCUT2D eigenvalue weighted by Gasteiger charge is 2.45. The number of morpholine rings is 1. The number of rotatable bonds is 3. The number of aryl methyl sites for hydroxylation is 1. The Morgan fingerprint density at radius 1 is 1.36 bits per heavy atom. The van der Waals surface area contributed by atoms with E-state index >= 15 is 0 Å². The summed E-state index contributed by atoms with van der Waals surface area (Å²) in [5, 5.41) is 3.87. The van der Waals surface area contributed by atoms with Crippen molar-refractivity contribution in [3.05, 3.63) is 17.5 Å². The van der Waals surface area contributed by atoms with E-state index < -0.39 is 0 Å². The van der Waals surface area contributed by atoms with Gasteiger partial charge in [-0.2, -0.15) is 0 Å². The van der Waals surface area contributed by atoms with Crippen LogP contribution in [0, 0.1) is 12.8 Å². The van der Waals surface area contributed by atoms with Gasteiger partial charge in [0.05, 0.1) is 32.0 Å². The normalized spacial score (nSPS) is 30.9. The lowest BCUT2D eigenvalue weighted by atomic mass is 9.86. The fraction of sp³-hybridized carbons (Fsp3) is 0.778. The SMILES string of the molecule is Cc1cc(C(=O)N2CCCC3(CC(CN4CCOCC4)CO3)C2)no1. The summed E-state index contributed by atoms with van der Waals surface area (Å²) in [6.07, 6.45) is 3.05. The number of carbonyl (C=O) groups excluding carboxylic acids is 1. The summed E-state index contributed by atoms with van der Waals surface area (Å²) in [7, 11) is 0. The molecule has 1 spiro atoms. The van der Waals surface area contributed by atoms with Crippen LogP contribution in [0.1, 0.15) is 35.5 Å². The third-order valence-electron chi connectivity index (χ3n) is 5.58. The Bertz CT molecular complexity index is 613. The Morgan fingerprint density at radius 2 is 2.20 bits per heavy atom. The number of nitrogens with zero attached hydrogens (tertiary/aromatic N) is 3. The molecule has 1 aromatic rings. The number of carbonyl (C=O) groups is 1. The maximum Gasteiger partial charge on any atom is 0.276 e. The predicted molar refractivity (Wildman–Crippen MR) is 90.4 cm³/mol. The summed E-state index contributed by atoms with van der Waals surface area (Å²) in [5.74, 6) is 1.16. The highest BCUT2D eigenvalue weighted by atomic mass is 16.5. The Labute approximate surface area is 148 Å². The topological polar surface area (TPSA) is 68.0 Å². The number of amides is 1. The van der Waals surface area contributed by atoms with E-state index in [1.165, 1.54) is 0 Å². The van der Waals surface area contributed by atoms with E-state index in [1.54, 1.807) is 13.0 Å². The van der Waals surface area contributed by atoms with E-state index in [4.69, 9.17) is 14.0 Å². The van der Waals surface area contributed by atoms with Gasteiger partial charge in [-0.3, -0.25) is 9.69 Å². The Balaban J connectivity index is 1.36. The van der Waals surface area contributed by atoms with Gasteiger partial charge in [-0.05, 0) is 32.1 Å². The summed E-state index contributed by atoms with van der Waals surface area (Å²) >= 11 is 0. The standard InChI is InChI=1S/C18H27N3O4/c1-14-9-16(19-25-14)17(22)21-4-2-3-18(13-21)10-15(12-24-18)11-20-5-7-23-8-6-20/h9,15H,2-8,10-13H2,1H3. The first-order valence-corrected chi connectivity index (χ1v) is 9.30. The van der Waals surface area contributed by atoms with Crippen LogP contribution in [-0.2, 0) is 9.47 Å². The zero-order valence-corrected chi connectivity index (χ0v) is 14.9. The van der Waals surface area contributed by atoms with Crippen LogP contribution in [-0.4, -0.2) is 79.0 Å². The lowest BCUT2D eigenvalue weighted by Crippen LogP contribution is -2.50. The van der Waals surface area contributed by atoms with Gasteiger partial charge in [0, 0.05) is 32.2 Å². The maximum absolute atomic E-state index is 12.7. The molecule has 0 aliphatic carbocycles. The highest BCUT2D eigenvalue weighted by Crippen LogP contribution is 2.38. The van der Waals surface area contributed by atoms with Crippen LogP contribution in [0.5, 0.6) is 0 Å². The van der Waals surface area contributed by atoms with Crippen molar-refractivity contribution in [2.24, 2.45) is 5.92 Å². The molecule has 2 atom stereocenters. The molecule has 25 heavy (non-hydrogen) atoms. The smallest absolute Gasteiger partial charge is 0.276 e. The molecule has 3 aliphatic rings. The summed E-state index contributed by atoms with van der Waals surface area (Å²) in [6.45, 7) is 8.79. The molecule has 0 N–H and O–H groups in total. The molecule has 3 aliphatic heterocycles. The van der Waals surface area contributed by atoms with Crippen LogP contribution < -0.4 is 0 Å². The van der Waals surface area contributed by atoms with E-state index in [2.05, 4.69) is 10.1 Å². The second kappa shape index (κ2) is 7.05. The zero-order chi connectivity index (χ0) is 17.3. The Kier molecular flexibility index (Phi) is 4.80. The van der Waals surface area contributed by atoms with Crippen molar-refractivity contribution in [2.75, 3.05) is 52.5 Å². The fourth-order valence-corrected chi connectivity index (χ4v) is 4.39. The number of aromatic nitrogens is 1. The molecule has 3 fully saturated rings. The van der Waals surface area contributed by atoms with Crippen LogP contribution in [0.4, 0.5) is 0 Å². The predicted octanol–water partition coefficient (Wildman–Crippen LogP) is 1.33. The molecule has 0 radical (unpaired) electrons. The molecule has 4 rings (SSSR count). The van der Waals surface area contributed by atoms with Crippen molar-refractivity contribution in [3.8, 4) is 0 Å². The monoisotopic (exact) mass is 349 g/mol. The fourth-order valence-electron chi connectivity index (χ4n) is 4.39. The molecule has 3 saturated heterocycles. The number of likely N-dealkylation sites (tertiary alicyclic amines) is 1. The summed E-state index contributed by atoms with van der Waals surface area (Å²) in [5.41, 5.74) is 0.223. The zero-order valence-electron chi connectivity index (χ0n) is 14.9. The van der Waals surface area contributed by atoms with Crippen molar-refractivity contribution in [3.63, 3.8) is 0 Å². The molecule has 1 aromatic heterocycles. The van der Waals surface area contributed by atoms with Gasteiger partial charge in [0.15, 0.2) is 5.69 Å².